The molecule has 1 aromatic heterocycles. The molecule has 1 amide bonds. The Balaban J connectivity index is 1.81. The van der Waals surface area contributed by atoms with Crippen LogP contribution in [0.1, 0.15) is 31.3 Å². The lowest BCUT2D eigenvalue weighted by molar-refractivity contribution is -0.117. The number of hydrogen-bond acceptors (Lipinski definition) is 6. The zero-order chi connectivity index (χ0) is 20.8. The number of piperazine rings is 1. The van der Waals surface area contributed by atoms with Crippen LogP contribution in [0.3, 0.4) is 0 Å². The number of hydrogen-bond donors (Lipinski definition) is 2. The molecule has 1 aromatic carbocycles. The van der Waals surface area contributed by atoms with Crippen LogP contribution in [0.2, 0.25) is 0 Å². The van der Waals surface area contributed by atoms with Crippen LogP contribution in [-0.2, 0) is 9.53 Å². The Morgan fingerprint density at radius 3 is 2.45 bits per heavy atom. The zero-order valence-electron chi connectivity index (χ0n) is 17.4. The molecular weight excluding hydrogens is 372 g/mol. The van der Waals surface area contributed by atoms with Crippen molar-refractivity contribution in [2.45, 2.75) is 20.8 Å². The van der Waals surface area contributed by atoms with Gasteiger partial charge in [-0.15, -0.1) is 0 Å². The van der Waals surface area contributed by atoms with Crippen LogP contribution >= 0.6 is 0 Å². The minimum absolute atomic E-state index is 0.150. The third-order valence-electron chi connectivity index (χ3n) is 5.10. The van der Waals surface area contributed by atoms with Gasteiger partial charge in [0.1, 0.15) is 11.4 Å². The second-order valence-corrected chi connectivity index (χ2v) is 6.99. The molecule has 2 aromatic rings. The van der Waals surface area contributed by atoms with Crippen molar-refractivity contribution in [1.29, 1.82) is 0 Å². The van der Waals surface area contributed by atoms with Gasteiger partial charge in [-0.3, -0.25) is 9.69 Å². The molecule has 0 radical (unpaired) electrons. The van der Waals surface area contributed by atoms with Gasteiger partial charge in [-0.05, 0) is 38.6 Å². The molecule has 1 aliphatic rings. The van der Waals surface area contributed by atoms with Crippen molar-refractivity contribution in [2.24, 2.45) is 0 Å². The number of H-pyrrole nitrogens is 1. The maximum absolute atomic E-state index is 12.8. The molecule has 0 atom stereocenters. The predicted octanol–water partition coefficient (Wildman–Crippen LogP) is 2.32. The summed E-state index contributed by atoms with van der Waals surface area (Å²) in [6, 6.07) is 5.49. The van der Waals surface area contributed by atoms with E-state index in [0.717, 1.165) is 43.6 Å². The minimum Gasteiger partial charge on any atom is -0.494 e. The number of fused-ring (bicyclic) bond motifs is 1. The van der Waals surface area contributed by atoms with E-state index in [1.54, 1.807) is 6.92 Å². The van der Waals surface area contributed by atoms with Crippen molar-refractivity contribution in [1.82, 2.24) is 14.8 Å². The first kappa shape index (κ1) is 21.1. The fraction of sp³-hybridized carbons (Fsp3) is 0.524. The molecule has 3 rings (SSSR count). The quantitative estimate of drug-likeness (QED) is 0.659. The largest absolute Gasteiger partial charge is 0.494 e. The fourth-order valence-electron chi connectivity index (χ4n) is 3.56. The third kappa shape index (κ3) is 5.07. The summed E-state index contributed by atoms with van der Waals surface area (Å²) in [5, 5.41) is 3.66. The monoisotopic (exact) mass is 402 g/mol. The summed E-state index contributed by atoms with van der Waals surface area (Å²) in [5.74, 6) is 0.0392. The van der Waals surface area contributed by atoms with Crippen molar-refractivity contribution in [3.63, 3.8) is 0 Å². The maximum atomic E-state index is 12.8. The van der Waals surface area contributed by atoms with Crippen LogP contribution in [0, 0.1) is 0 Å². The second-order valence-electron chi connectivity index (χ2n) is 6.99. The van der Waals surface area contributed by atoms with Gasteiger partial charge in [0.2, 0.25) is 5.91 Å². The topological polar surface area (TPSA) is 86.9 Å². The molecule has 1 aliphatic heterocycles. The second kappa shape index (κ2) is 9.76. The number of aromatic amines is 1. The maximum Gasteiger partial charge on any atom is 0.356 e. The first-order chi connectivity index (χ1) is 14.0. The van der Waals surface area contributed by atoms with Crippen molar-refractivity contribution < 1.29 is 19.1 Å². The summed E-state index contributed by atoms with van der Waals surface area (Å²) in [5.41, 5.74) is 1.43. The van der Waals surface area contributed by atoms with Crippen LogP contribution in [0.5, 0.6) is 5.75 Å². The molecule has 8 nitrogen and oxygen atoms in total. The number of nitrogens with zero attached hydrogens (tertiary/aromatic N) is 2. The van der Waals surface area contributed by atoms with Crippen LogP contribution in [0.4, 0.5) is 5.69 Å². The van der Waals surface area contributed by atoms with Gasteiger partial charge in [0.25, 0.3) is 0 Å². The van der Waals surface area contributed by atoms with Crippen LogP contribution in [0.25, 0.3) is 10.9 Å². The highest BCUT2D eigenvalue weighted by Gasteiger charge is 2.23. The number of carbonyl (C=O) groups is 2. The number of benzene rings is 1. The molecule has 1 saturated heterocycles. The number of esters is 1. The summed E-state index contributed by atoms with van der Waals surface area (Å²) >= 11 is 0. The Hall–Kier alpha value is -2.58. The zero-order valence-corrected chi connectivity index (χ0v) is 17.4. The summed E-state index contributed by atoms with van der Waals surface area (Å²) in [7, 11) is 0. The fourth-order valence-corrected chi connectivity index (χ4v) is 3.56. The van der Waals surface area contributed by atoms with Gasteiger partial charge in [0.15, 0.2) is 0 Å². The molecule has 29 heavy (non-hydrogen) atoms. The number of aromatic nitrogens is 1. The lowest BCUT2D eigenvalue weighted by Gasteiger charge is -2.33. The molecule has 158 valence electrons. The Morgan fingerprint density at radius 2 is 1.79 bits per heavy atom. The molecule has 2 heterocycles. The average molecular weight is 402 g/mol. The molecule has 1 fully saturated rings. The Kier molecular flexibility index (Phi) is 7.11. The summed E-state index contributed by atoms with van der Waals surface area (Å²) < 4.78 is 10.7. The van der Waals surface area contributed by atoms with Gasteiger partial charge < -0.3 is 24.7 Å². The van der Waals surface area contributed by atoms with E-state index in [2.05, 4.69) is 27.0 Å². The van der Waals surface area contributed by atoms with Crippen LogP contribution < -0.4 is 10.1 Å². The van der Waals surface area contributed by atoms with E-state index in [1.807, 2.05) is 25.1 Å². The Bertz CT molecular complexity index is 856. The van der Waals surface area contributed by atoms with Gasteiger partial charge in [0, 0.05) is 37.1 Å². The van der Waals surface area contributed by atoms with E-state index in [1.165, 1.54) is 0 Å². The first-order valence-corrected chi connectivity index (χ1v) is 10.3. The normalized spacial score (nSPS) is 15.4. The Morgan fingerprint density at radius 1 is 1.07 bits per heavy atom. The highest BCUT2D eigenvalue weighted by molar-refractivity contribution is 6.11. The number of ether oxygens (including phenoxy) is 2. The van der Waals surface area contributed by atoms with Gasteiger partial charge >= 0.3 is 5.97 Å². The van der Waals surface area contributed by atoms with E-state index in [0.29, 0.717) is 18.0 Å². The number of nitrogens with one attached hydrogen (secondary N) is 2. The lowest BCUT2D eigenvalue weighted by atomic mass is 10.2. The van der Waals surface area contributed by atoms with E-state index >= 15 is 0 Å². The summed E-state index contributed by atoms with van der Waals surface area (Å²) in [6.07, 6.45) is 0. The third-order valence-corrected chi connectivity index (χ3v) is 5.10. The van der Waals surface area contributed by atoms with Gasteiger partial charge in [0.05, 0.1) is 25.4 Å². The van der Waals surface area contributed by atoms with Gasteiger partial charge in [-0.2, -0.15) is 0 Å². The molecule has 0 spiro atoms. The number of rotatable bonds is 8. The molecule has 8 heteroatoms. The van der Waals surface area contributed by atoms with Crippen molar-refractivity contribution >= 4 is 28.5 Å². The summed E-state index contributed by atoms with van der Waals surface area (Å²) in [4.78, 5) is 32.8. The number of amides is 1. The molecule has 0 unspecified atom stereocenters. The summed E-state index contributed by atoms with van der Waals surface area (Å²) in [6.45, 7) is 11.5. The van der Waals surface area contributed by atoms with E-state index in [4.69, 9.17) is 9.47 Å². The van der Waals surface area contributed by atoms with Gasteiger partial charge in [-0.1, -0.05) is 6.92 Å². The molecule has 0 bridgehead atoms. The van der Waals surface area contributed by atoms with Crippen molar-refractivity contribution in [3.05, 3.63) is 23.9 Å². The highest BCUT2D eigenvalue weighted by Crippen LogP contribution is 2.31. The molecule has 0 aliphatic carbocycles. The Labute approximate surface area is 171 Å². The van der Waals surface area contributed by atoms with E-state index in [-0.39, 0.29) is 24.8 Å². The number of anilines is 1. The molecule has 2 N–H and O–H groups in total. The standard InChI is InChI=1S/C21H30N4O4/c1-4-24-9-11-25(12-10-24)14-18(26)23-19-16-13-15(28-5-2)7-8-17(16)22-20(19)21(27)29-6-3/h7-8,13,22H,4-6,9-12,14H2,1-3H3,(H,23,26). The average Bonchev–Trinajstić information content (AvgIpc) is 3.07. The molecular formula is C21H30N4O4. The highest BCUT2D eigenvalue weighted by atomic mass is 16.5. The number of carbonyl (C=O) groups excluding carboxylic acids is 2. The van der Waals surface area contributed by atoms with E-state index in [9.17, 15) is 9.59 Å². The van der Waals surface area contributed by atoms with Gasteiger partial charge in [-0.25, -0.2) is 4.79 Å². The molecule has 0 saturated carbocycles. The van der Waals surface area contributed by atoms with Crippen molar-refractivity contribution in [3.8, 4) is 5.75 Å². The van der Waals surface area contributed by atoms with Crippen molar-refractivity contribution in [2.75, 3.05) is 57.8 Å². The minimum atomic E-state index is -0.492. The SMILES string of the molecule is CCOC(=O)c1[nH]c2ccc(OCC)cc2c1NC(=O)CN1CCN(CC)CC1. The lowest BCUT2D eigenvalue weighted by Crippen LogP contribution is -2.48. The predicted molar refractivity (Wildman–Crippen MR) is 113 cm³/mol. The van der Waals surface area contributed by atoms with E-state index < -0.39 is 5.97 Å². The van der Waals surface area contributed by atoms with Crippen LogP contribution in [0.15, 0.2) is 18.2 Å². The number of likely N-dealkylation sites (N-methyl/N-ethyl adjacent to an activating group) is 1. The van der Waals surface area contributed by atoms with Crippen LogP contribution in [-0.4, -0.2) is 79.1 Å². The smallest absolute Gasteiger partial charge is 0.356 e. The first-order valence-electron chi connectivity index (χ1n) is 10.3.